The molecule has 0 N–H and O–H groups in total. The Balaban J connectivity index is 0.977. The normalized spacial score (nSPS) is 14.5. The Morgan fingerprint density at radius 2 is 0.647 bits per heavy atom. The highest BCUT2D eigenvalue weighted by Crippen LogP contribution is 2.57. The van der Waals surface area contributed by atoms with Crippen molar-refractivity contribution in [3.8, 4) is 89.3 Å². The number of nitrogens with zero attached hydrogens (tertiary/aromatic N) is 4. The van der Waals surface area contributed by atoms with E-state index >= 15 is 0 Å². The molecule has 550 valence electrons. The van der Waals surface area contributed by atoms with Gasteiger partial charge >= 0.3 is 0 Å². The molecule has 0 spiro atoms. The Bertz CT molecular complexity index is 8080. The number of fused-ring (bicyclic) bond motifs is 13. The molecule has 0 amide bonds. The predicted molar refractivity (Wildman–Crippen MR) is 492 cm³/mol. The molecule has 5 nitrogen and oxygen atoms in total. The van der Waals surface area contributed by atoms with E-state index in [2.05, 4.69) is 209 Å². The van der Waals surface area contributed by atoms with Crippen LogP contribution in [0.25, 0.3) is 155 Å². The number of rotatable bonds is 11. The molecule has 0 fully saturated rings. The van der Waals surface area contributed by atoms with Crippen LogP contribution in [-0.2, 0) is 10.8 Å². The number of aromatic nitrogens is 2. The van der Waals surface area contributed by atoms with Gasteiger partial charge in [-0.3, -0.25) is 0 Å². The van der Waals surface area contributed by atoms with Gasteiger partial charge in [0.1, 0.15) is 11.2 Å². The Kier molecular flexibility index (Phi) is 12.6. The number of hydrogen-bond donors (Lipinski definition) is 0. The van der Waals surface area contributed by atoms with Gasteiger partial charge in [-0.25, -0.2) is 0 Å². The van der Waals surface area contributed by atoms with Crippen LogP contribution in [0.15, 0.2) is 386 Å². The summed E-state index contributed by atoms with van der Waals surface area (Å²) in [5.74, 6) is 0. The van der Waals surface area contributed by atoms with Crippen LogP contribution in [-0.4, -0.2) is 15.8 Å². The summed E-state index contributed by atoms with van der Waals surface area (Å²) in [7, 11) is 0. The lowest BCUT2D eigenvalue weighted by molar-refractivity contribution is 0.590. The summed E-state index contributed by atoms with van der Waals surface area (Å²) in [4.78, 5) is 4.75. The van der Waals surface area contributed by atoms with Crippen molar-refractivity contribution in [1.82, 2.24) is 9.13 Å². The monoisotopic (exact) mass is 1500 g/mol. The van der Waals surface area contributed by atoms with Gasteiger partial charge in [0.2, 0.25) is 0 Å². The number of anilines is 6. The van der Waals surface area contributed by atoms with Gasteiger partial charge in [0, 0.05) is 88.7 Å². The van der Waals surface area contributed by atoms with Crippen molar-refractivity contribution < 1.29 is 25.0 Å². The predicted octanol–water partition coefficient (Wildman–Crippen LogP) is 28.1. The molecule has 0 bridgehead atoms. The van der Waals surface area contributed by atoms with E-state index in [4.69, 9.17) is 4.42 Å². The second-order valence-electron chi connectivity index (χ2n) is 32.4. The minimum atomic E-state index is -0.826. The van der Waals surface area contributed by atoms with Crippen LogP contribution in [0.1, 0.15) is 73.2 Å². The first-order chi connectivity index (χ1) is 63.0. The van der Waals surface area contributed by atoms with E-state index in [1.54, 1.807) is 9.13 Å². The molecule has 20 aromatic rings. The molecule has 0 saturated carbocycles. The van der Waals surface area contributed by atoms with Crippen LogP contribution < -0.4 is 26.2 Å². The molecular formula is C110H81BN4O. The fourth-order valence-corrected chi connectivity index (χ4v) is 17.9. The summed E-state index contributed by atoms with van der Waals surface area (Å²) in [6.45, 7) is 12.5. The smallest absolute Gasteiger partial charge is 0.252 e. The minimum absolute atomic E-state index is 0.00924. The van der Waals surface area contributed by atoms with E-state index in [1.807, 2.05) is 127 Å². The summed E-state index contributed by atoms with van der Waals surface area (Å²) in [5.41, 5.74) is 21.9. The first-order valence-corrected chi connectivity index (χ1v) is 39.3. The summed E-state index contributed by atoms with van der Waals surface area (Å²) >= 11 is 0. The average molecular weight is 1500 g/mol. The largest absolute Gasteiger partial charge is 0.456 e. The zero-order chi connectivity index (χ0) is 90.7. The van der Waals surface area contributed by atoms with Gasteiger partial charge in [-0.05, 0) is 209 Å². The maximum absolute atomic E-state index is 10.1. The summed E-state index contributed by atoms with van der Waals surface area (Å²) < 4.78 is 154. The number of benzene rings is 17. The second-order valence-corrected chi connectivity index (χ2v) is 32.4. The lowest BCUT2D eigenvalue weighted by Crippen LogP contribution is -2.61. The molecule has 2 aliphatic heterocycles. The lowest BCUT2D eigenvalue weighted by atomic mass is 9.33. The zero-order valence-electron chi connectivity index (χ0n) is 79.5. The molecule has 22 rings (SSSR count). The molecule has 0 atom stereocenters. The number of hydrogen-bond acceptors (Lipinski definition) is 3. The zero-order valence-corrected chi connectivity index (χ0v) is 64.5. The van der Waals surface area contributed by atoms with Crippen LogP contribution in [0, 0.1) is 0 Å². The van der Waals surface area contributed by atoms with E-state index < -0.39 is 90.1 Å². The van der Waals surface area contributed by atoms with Gasteiger partial charge in [-0.15, -0.1) is 0 Å². The molecule has 116 heavy (non-hydrogen) atoms. The van der Waals surface area contributed by atoms with Gasteiger partial charge in [0.15, 0.2) is 0 Å². The Morgan fingerprint density at radius 3 is 1.11 bits per heavy atom. The molecule has 17 aromatic carbocycles. The quantitative estimate of drug-likeness (QED) is 0.121. The number of para-hydroxylation sites is 5. The van der Waals surface area contributed by atoms with E-state index in [-0.39, 0.29) is 61.7 Å². The molecule has 0 radical (unpaired) electrons. The molecule has 0 aliphatic carbocycles. The Morgan fingerprint density at radius 1 is 0.267 bits per heavy atom. The van der Waals surface area contributed by atoms with Gasteiger partial charge in [-0.2, -0.15) is 0 Å². The van der Waals surface area contributed by atoms with Gasteiger partial charge in [0.25, 0.3) is 6.71 Å². The Labute approximate surface area is 697 Å². The summed E-state index contributed by atoms with van der Waals surface area (Å²) in [5, 5.41) is 1.62. The molecule has 3 aromatic heterocycles. The standard InChI is InChI=1S/C110H81BN4O/c1-109(2,3)80-64-89(72-35-15-9-16-36-72)107(90(65-80)73-37-17-10-18-38-73)114-100-68-82(112-96-48-24-19-43-84(96)85-44-20-25-49-97(85)112)54-56-94(100)111-95-57-55-83(113-98-50-26-21-45-86(98)87-46-22-27-51-99(87)113)69-101(95)115(103-63-79(62-102(114)106(103)111)76-53-58-105-93(61-76)88-47-23-28-52-104(88)116-105)108-91(77-41-29-39-74(59-77)70-31-11-7-12-32-70)66-81(110(4,5)6)67-92(108)78-42-30-40-75(60-78)71-33-13-8-14-34-71/h7-69H,1-6H3/i19D,20D,21D,22D,24D,26D,27D,43D,44D,45D,46D,48D,49D,50D,51D. The highest BCUT2D eigenvalue weighted by molar-refractivity contribution is 7.00. The van der Waals surface area contributed by atoms with E-state index in [0.29, 0.717) is 45.3 Å². The fourth-order valence-electron chi connectivity index (χ4n) is 17.9. The molecule has 5 heterocycles. The SMILES string of the molecule is [2H]c1cc([2H])c2c(c1[2H])c1c([2H])c([2H])c([2H])c([2H])c1n2-c1ccc2c(c1)N(c1c(-c3ccccc3)cc(C(C)(C)C)cc1-c1ccccc1)c1cc(-c3ccc4oc5ccccc5c4c3)cc3c1B2c1ccc(-n2c4c([2H])c([2H])c([2H])c([2H])c4c4c([2H])c([2H])c([2H])c([2H])c42)cc1N3c1c(-c2cccc(-c3ccccc3)c2)cc(C(C)(C)C)cc1-c1cccc(-c2ccccc2)c1. The highest BCUT2D eigenvalue weighted by atomic mass is 16.3. The molecule has 0 unspecified atom stereocenters. The van der Waals surface area contributed by atoms with Crippen molar-refractivity contribution in [1.29, 1.82) is 0 Å². The first kappa shape index (κ1) is 54.5. The third-order valence-corrected chi connectivity index (χ3v) is 23.5. The van der Waals surface area contributed by atoms with Crippen molar-refractivity contribution in [3.63, 3.8) is 0 Å². The topological polar surface area (TPSA) is 29.5 Å². The summed E-state index contributed by atoms with van der Waals surface area (Å²) in [6.07, 6.45) is 0. The third-order valence-electron chi connectivity index (χ3n) is 23.5. The van der Waals surface area contributed by atoms with Crippen molar-refractivity contribution in [2.75, 3.05) is 9.80 Å². The first-order valence-electron chi connectivity index (χ1n) is 46.8. The highest BCUT2D eigenvalue weighted by Gasteiger charge is 2.46. The average Bonchev–Trinajstić information content (AvgIpc) is 1.51. The van der Waals surface area contributed by atoms with Crippen molar-refractivity contribution >= 4 is 123 Å². The summed E-state index contributed by atoms with van der Waals surface area (Å²) in [6, 6.07) is 93.1. The van der Waals surface area contributed by atoms with Gasteiger partial charge in [0.05, 0.1) is 54.0 Å². The second kappa shape index (κ2) is 26.7. The van der Waals surface area contributed by atoms with E-state index in [0.717, 1.165) is 128 Å². The van der Waals surface area contributed by atoms with Crippen LogP contribution in [0.4, 0.5) is 34.1 Å². The van der Waals surface area contributed by atoms with E-state index in [9.17, 15) is 20.6 Å². The maximum atomic E-state index is 10.1. The molecule has 0 saturated heterocycles. The molecule has 2 aliphatic rings. The lowest BCUT2D eigenvalue weighted by Gasteiger charge is -2.46. The molecule has 6 heteroatoms. The Hall–Kier alpha value is -14.2. The van der Waals surface area contributed by atoms with Gasteiger partial charge < -0.3 is 23.4 Å². The fraction of sp³-hybridized carbons (Fsp3) is 0.0727. The van der Waals surface area contributed by atoms with Crippen LogP contribution >= 0.6 is 0 Å². The van der Waals surface area contributed by atoms with Gasteiger partial charge in [-0.1, -0.05) is 308 Å². The van der Waals surface area contributed by atoms with Crippen LogP contribution in [0.3, 0.4) is 0 Å². The van der Waals surface area contributed by atoms with Crippen molar-refractivity contribution in [2.45, 2.75) is 52.4 Å². The maximum Gasteiger partial charge on any atom is 0.252 e. The van der Waals surface area contributed by atoms with Crippen molar-refractivity contribution in [2.24, 2.45) is 0 Å². The van der Waals surface area contributed by atoms with Crippen LogP contribution in [0.5, 0.6) is 0 Å². The minimum Gasteiger partial charge on any atom is -0.456 e. The van der Waals surface area contributed by atoms with Crippen molar-refractivity contribution in [3.05, 3.63) is 393 Å². The molecular weight excluding hydrogens is 1400 g/mol. The third kappa shape index (κ3) is 11.1. The van der Waals surface area contributed by atoms with Crippen LogP contribution in [0.2, 0.25) is 0 Å². The van der Waals surface area contributed by atoms with E-state index in [1.165, 1.54) is 6.07 Å². The number of furan rings is 1.